The van der Waals surface area contributed by atoms with Crippen LogP contribution in [0.4, 0.5) is 0 Å². The predicted octanol–water partition coefficient (Wildman–Crippen LogP) is 8.66. The fourth-order valence-corrected chi connectivity index (χ4v) is 5.75. The first-order chi connectivity index (χ1) is 20.2. The number of imidazole rings is 1. The molecule has 0 spiro atoms. The summed E-state index contributed by atoms with van der Waals surface area (Å²) in [5.41, 5.74) is 9.95. The summed E-state index contributed by atoms with van der Waals surface area (Å²) in [4.78, 5) is 9.92. The second-order valence-corrected chi connectivity index (χ2v) is 10.2. The van der Waals surface area contributed by atoms with Gasteiger partial charge in [0, 0.05) is 12.6 Å². The molecule has 0 fully saturated rings. The third-order valence-corrected chi connectivity index (χ3v) is 7.73. The van der Waals surface area contributed by atoms with E-state index in [1.165, 1.54) is 5.39 Å². The number of hydrogen-bond acceptors (Lipinski definition) is 2. The van der Waals surface area contributed by atoms with E-state index in [4.69, 9.17) is 9.97 Å². The first-order valence-corrected chi connectivity index (χ1v) is 13.7. The van der Waals surface area contributed by atoms with Crippen LogP contribution in [0, 0.1) is 12.1 Å². The van der Waals surface area contributed by atoms with Crippen LogP contribution < -0.4 is 0 Å². The molecule has 0 saturated heterocycles. The number of aryl methyl sites for hydroxylation is 1. The van der Waals surface area contributed by atoms with Gasteiger partial charge in [-0.2, -0.15) is 0 Å². The summed E-state index contributed by atoms with van der Waals surface area (Å²) < 4.78 is 4.39. The Hall–Kier alpha value is -4.79. The van der Waals surface area contributed by atoms with Crippen molar-refractivity contribution in [3.05, 3.63) is 140 Å². The molecule has 4 nitrogen and oxygen atoms in total. The molecule has 0 amide bonds. The van der Waals surface area contributed by atoms with Crippen molar-refractivity contribution in [1.29, 1.82) is 0 Å². The third-order valence-electron chi connectivity index (χ3n) is 7.73. The van der Waals surface area contributed by atoms with Crippen LogP contribution in [0.1, 0.15) is 0 Å². The maximum Gasteiger partial charge on any atom is 2.00 e. The first-order valence-electron chi connectivity index (χ1n) is 13.7. The van der Waals surface area contributed by atoms with Crippen LogP contribution in [0.2, 0.25) is 0 Å². The van der Waals surface area contributed by atoms with E-state index in [1.807, 2.05) is 42.5 Å². The number of nitrogens with zero attached hydrogens (tertiary/aromatic N) is 4. The molecule has 202 valence electrons. The van der Waals surface area contributed by atoms with Crippen molar-refractivity contribution >= 4 is 32.8 Å². The van der Waals surface area contributed by atoms with E-state index in [1.54, 1.807) is 0 Å². The van der Waals surface area contributed by atoms with Gasteiger partial charge in [0.15, 0.2) is 0 Å². The van der Waals surface area contributed by atoms with Gasteiger partial charge < -0.3 is 9.13 Å². The van der Waals surface area contributed by atoms with E-state index < -0.39 is 0 Å². The molecular formula is C37H24N4Pt. The molecule has 3 heterocycles. The van der Waals surface area contributed by atoms with Crippen LogP contribution in [0.15, 0.2) is 127 Å². The van der Waals surface area contributed by atoms with E-state index in [2.05, 4.69) is 113 Å². The molecule has 0 aliphatic heterocycles. The average Bonchev–Trinajstić information content (AvgIpc) is 3.56. The Morgan fingerprint density at radius 3 is 2.14 bits per heavy atom. The number of pyridine rings is 1. The summed E-state index contributed by atoms with van der Waals surface area (Å²) in [6.07, 6.45) is 0. The molecule has 42 heavy (non-hydrogen) atoms. The zero-order valence-electron chi connectivity index (χ0n) is 22.7. The van der Waals surface area contributed by atoms with Gasteiger partial charge in [0.1, 0.15) is 0 Å². The summed E-state index contributed by atoms with van der Waals surface area (Å²) in [6.45, 7) is 0. The summed E-state index contributed by atoms with van der Waals surface area (Å²) in [6, 6.07) is 51.1. The van der Waals surface area contributed by atoms with Crippen molar-refractivity contribution in [3.63, 3.8) is 0 Å². The normalized spacial score (nSPS) is 11.3. The number of benzene rings is 5. The topological polar surface area (TPSA) is 35.6 Å². The monoisotopic (exact) mass is 719 g/mol. The summed E-state index contributed by atoms with van der Waals surface area (Å²) in [5, 5.41) is 2.32. The molecule has 0 bridgehead atoms. The van der Waals surface area contributed by atoms with E-state index in [0.29, 0.717) is 0 Å². The Balaban J connectivity index is 0.00000288. The number of para-hydroxylation sites is 3. The Labute approximate surface area is 258 Å². The fourth-order valence-electron chi connectivity index (χ4n) is 5.75. The van der Waals surface area contributed by atoms with Crippen molar-refractivity contribution in [2.75, 3.05) is 0 Å². The van der Waals surface area contributed by atoms with E-state index >= 15 is 0 Å². The van der Waals surface area contributed by atoms with Crippen LogP contribution >= 0.6 is 0 Å². The first kappa shape index (κ1) is 26.1. The predicted molar refractivity (Wildman–Crippen MR) is 167 cm³/mol. The Kier molecular flexibility index (Phi) is 6.57. The van der Waals surface area contributed by atoms with Crippen molar-refractivity contribution in [2.45, 2.75) is 0 Å². The average molecular weight is 720 g/mol. The molecule has 8 aromatic rings. The van der Waals surface area contributed by atoms with Gasteiger partial charge >= 0.3 is 21.1 Å². The Bertz CT molecular complexity index is 2230. The third kappa shape index (κ3) is 4.27. The van der Waals surface area contributed by atoms with Crippen LogP contribution in [0.3, 0.4) is 0 Å². The second kappa shape index (κ2) is 10.6. The number of hydrogen-bond donors (Lipinski definition) is 0. The van der Waals surface area contributed by atoms with Gasteiger partial charge in [0.2, 0.25) is 0 Å². The molecule has 0 unspecified atom stereocenters. The summed E-state index contributed by atoms with van der Waals surface area (Å²) in [7, 11) is 2.06. The molecule has 0 radical (unpaired) electrons. The maximum atomic E-state index is 4.99. The van der Waals surface area contributed by atoms with Crippen molar-refractivity contribution in [1.82, 2.24) is 19.1 Å². The van der Waals surface area contributed by atoms with E-state index in [0.717, 1.165) is 67.0 Å². The number of aromatic nitrogens is 4. The van der Waals surface area contributed by atoms with Crippen molar-refractivity contribution < 1.29 is 21.1 Å². The molecule has 0 saturated carbocycles. The van der Waals surface area contributed by atoms with Gasteiger partial charge in [0.25, 0.3) is 0 Å². The van der Waals surface area contributed by atoms with Crippen molar-refractivity contribution in [3.8, 4) is 39.6 Å². The molecule has 0 aliphatic carbocycles. The number of fused-ring (bicyclic) bond motifs is 4. The van der Waals surface area contributed by atoms with Gasteiger partial charge in [-0.25, -0.2) is 0 Å². The summed E-state index contributed by atoms with van der Waals surface area (Å²) >= 11 is 0. The van der Waals surface area contributed by atoms with Crippen LogP contribution in [-0.4, -0.2) is 19.1 Å². The minimum atomic E-state index is 0. The van der Waals surface area contributed by atoms with Crippen LogP contribution in [0.25, 0.3) is 72.4 Å². The van der Waals surface area contributed by atoms with E-state index in [9.17, 15) is 0 Å². The van der Waals surface area contributed by atoms with Gasteiger partial charge in [-0.05, 0) is 52.1 Å². The van der Waals surface area contributed by atoms with Gasteiger partial charge in [-0.3, -0.25) is 9.97 Å². The molecule has 0 aliphatic rings. The SMILES string of the molecule is Cn1c(-c2[c-]c3c(cc2)c2ccccc2n3-c2[c-]c(-c3cccc(-c4ccccc4)n3)ccc2)nc2ccccc21.[Pt+2]. The van der Waals surface area contributed by atoms with E-state index in [-0.39, 0.29) is 21.1 Å². The van der Waals surface area contributed by atoms with Crippen molar-refractivity contribution in [2.24, 2.45) is 7.05 Å². The Morgan fingerprint density at radius 2 is 1.29 bits per heavy atom. The van der Waals surface area contributed by atoms with Gasteiger partial charge in [-0.1, -0.05) is 78.2 Å². The fraction of sp³-hybridized carbons (Fsp3) is 0.0270. The molecular weight excluding hydrogens is 696 g/mol. The minimum Gasteiger partial charge on any atom is -0.367 e. The molecule has 3 aromatic heterocycles. The zero-order valence-corrected chi connectivity index (χ0v) is 25.0. The molecule has 5 aromatic carbocycles. The zero-order chi connectivity index (χ0) is 27.3. The number of rotatable bonds is 4. The van der Waals surface area contributed by atoms with Gasteiger partial charge in [0.05, 0.1) is 22.6 Å². The Morgan fingerprint density at radius 1 is 0.548 bits per heavy atom. The standard InChI is InChI=1S/C37H24N4.Pt/c1-40-35-20-8-6-16-33(35)39-37(40)27-21-22-30-29-15-5-7-19-34(29)41(36(30)24-27)28-14-9-13-26(23-28)32-18-10-17-31(38-32)25-11-3-2-4-12-25;/h2-22H,1H3;/q-2;+2. The molecule has 0 atom stereocenters. The van der Waals surface area contributed by atoms with Crippen LogP contribution in [0.5, 0.6) is 0 Å². The van der Waals surface area contributed by atoms with Gasteiger partial charge in [-0.15, -0.1) is 53.6 Å². The summed E-state index contributed by atoms with van der Waals surface area (Å²) in [5.74, 6) is 0.893. The quantitative estimate of drug-likeness (QED) is 0.171. The largest absolute Gasteiger partial charge is 2.00 e. The minimum absolute atomic E-state index is 0. The second-order valence-electron chi connectivity index (χ2n) is 10.2. The van der Waals surface area contributed by atoms with Crippen LogP contribution in [-0.2, 0) is 28.1 Å². The molecule has 8 rings (SSSR count). The maximum absolute atomic E-state index is 4.99. The molecule has 0 N–H and O–H groups in total. The smallest absolute Gasteiger partial charge is 0.367 e. The molecule has 5 heteroatoms.